The van der Waals surface area contributed by atoms with E-state index in [0.29, 0.717) is 0 Å². The van der Waals surface area contributed by atoms with Crippen molar-refractivity contribution < 1.29 is 9.53 Å². The topological polar surface area (TPSA) is 26.3 Å². The van der Waals surface area contributed by atoms with Crippen LogP contribution in [0.4, 0.5) is 0 Å². The van der Waals surface area contributed by atoms with Gasteiger partial charge in [-0.2, -0.15) is 0 Å². The van der Waals surface area contributed by atoms with Crippen molar-refractivity contribution in [2.75, 3.05) is 7.11 Å². The van der Waals surface area contributed by atoms with E-state index in [2.05, 4.69) is 16.6 Å². The number of carbonyl (C=O) groups excluding carboxylic acids is 1. The highest BCUT2D eigenvalue weighted by atomic mass is 16.5. The number of benzene rings is 2. The van der Waals surface area contributed by atoms with Crippen LogP contribution in [0.5, 0.6) is 0 Å². The van der Waals surface area contributed by atoms with Crippen LogP contribution in [0.25, 0.3) is 11.1 Å². The largest absolute Gasteiger partial charge is 0.459 e. The molecule has 0 aliphatic carbocycles. The van der Waals surface area contributed by atoms with Crippen LogP contribution in [0.1, 0.15) is 5.56 Å². The number of rotatable bonds is 1. The van der Waals surface area contributed by atoms with Crippen LogP contribution in [0.2, 0.25) is 0 Å². The number of hydrogen-bond donors (Lipinski definition) is 0. The molecule has 18 heavy (non-hydrogen) atoms. The van der Waals surface area contributed by atoms with E-state index in [9.17, 15) is 4.79 Å². The highest BCUT2D eigenvalue weighted by Crippen LogP contribution is 2.19. The van der Waals surface area contributed by atoms with Gasteiger partial charge in [0, 0.05) is 11.5 Å². The standard InChI is InChI=1S/C16H12O2/c1-18-16(17)11-10-13-6-5-9-15(12-13)14-7-3-2-4-8-14/h2-9,12H,1H3. The molecule has 0 saturated heterocycles. The third-order valence-electron chi connectivity index (χ3n) is 2.46. The molecule has 0 spiro atoms. The monoisotopic (exact) mass is 236 g/mol. The predicted molar refractivity (Wildman–Crippen MR) is 70.8 cm³/mol. The molecule has 0 unspecified atom stereocenters. The Kier molecular flexibility index (Phi) is 3.78. The van der Waals surface area contributed by atoms with Gasteiger partial charge in [0.1, 0.15) is 0 Å². The molecule has 2 aromatic rings. The van der Waals surface area contributed by atoms with Crippen LogP contribution in [0, 0.1) is 11.8 Å². The maximum absolute atomic E-state index is 10.9. The van der Waals surface area contributed by atoms with E-state index in [1.54, 1.807) is 0 Å². The van der Waals surface area contributed by atoms with Crippen LogP contribution in [-0.4, -0.2) is 13.1 Å². The first-order valence-electron chi connectivity index (χ1n) is 5.55. The molecule has 0 saturated carbocycles. The molecule has 0 aliphatic heterocycles. The van der Waals surface area contributed by atoms with E-state index in [0.717, 1.165) is 16.7 Å². The Hall–Kier alpha value is -2.53. The summed E-state index contributed by atoms with van der Waals surface area (Å²) in [7, 11) is 1.32. The van der Waals surface area contributed by atoms with Crippen molar-refractivity contribution in [2.24, 2.45) is 0 Å². The van der Waals surface area contributed by atoms with E-state index in [1.807, 2.05) is 54.6 Å². The zero-order valence-electron chi connectivity index (χ0n) is 10.0. The van der Waals surface area contributed by atoms with Gasteiger partial charge in [-0.15, -0.1) is 0 Å². The minimum atomic E-state index is -0.528. The Balaban J connectivity index is 2.31. The average molecular weight is 236 g/mol. The van der Waals surface area contributed by atoms with Crippen LogP contribution < -0.4 is 0 Å². The molecular weight excluding hydrogens is 224 g/mol. The molecular formula is C16H12O2. The minimum Gasteiger partial charge on any atom is -0.459 e. The summed E-state index contributed by atoms with van der Waals surface area (Å²) in [5.41, 5.74) is 2.99. The third kappa shape index (κ3) is 2.99. The maximum Gasteiger partial charge on any atom is 0.384 e. The van der Waals surface area contributed by atoms with Crippen LogP contribution in [0.3, 0.4) is 0 Å². The summed E-state index contributed by atoms with van der Waals surface area (Å²) in [6.07, 6.45) is 0. The van der Waals surface area contributed by atoms with Crippen molar-refractivity contribution in [3.05, 3.63) is 60.2 Å². The Labute approximate surface area is 106 Å². The summed E-state index contributed by atoms with van der Waals surface area (Å²) in [6.45, 7) is 0. The quantitative estimate of drug-likeness (QED) is 0.562. The van der Waals surface area contributed by atoms with Gasteiger partial charge in [0.2, 0.25) is 0 Å². The van der Waals surface area contributed by atoms with Gasteiger partial charge in [0.05, 0.1) is 7.11 Å². The summed E-state index contributed by atoms with van der Waals surface area (Å²) in [5, 5.41) is 0. The number of esters is 1. The third-order valence-corrected chi connectivity index (χ3v) is 2.46. The fourth-order valence-corrected chi connectivity index (χ4v) is 1.58. The Morgan fingerprint density at radius 2 is 1.72 bits per heavy atom. The second-order valence-corrected chi connectivity index (χ2v) is 3.69. The summed E-state index contributed by atoms with van der Waals surface area (Å²) >= 11 is 0. The molecule has 0 fully saturated rings. The van der Waals surface area contributed by atoms with Gasteiger partial charge in [-0.3, -0.25) is 0 Å². The molecule has 88 valence electrons. The van der Waals surface area contributed by atoms with Gasteiger partial charge in [-0.25, -0.2) is 4.79 Å². The van der Waals surface area contributed by atoms with Gasteiger partial charge in [-0.05, 0) is 23.3 Å². The summed E-state index contributed by atoms with van der Waals surface area (Å²) in [4.78, 5) is 10.9. The molecule has 0 aliphatic rings. The number of methoxy groups -OCH3 is 1. The molecule has 2 aromatic carbocycles. The maximum atomic E-state index is 10.9. The van der Waals surface area contributed by atoms with Crippen LogP contribution in [0.15, 0.2) is 54.6 Å². The lowest BCUT2D eigenvalue weighted by Crippen LogP contribution is -1.94. The molecule has 2 heteroatoms. The minimum absolute atomic E-state index is 0.528. The predicted octanol–water partition coefficient (Wildman–Crippen LogP) is 2.88. The molecule has 2 nitrogen and oxygen atoms in total. The SMILES string of the molecule is COC(=O)C#Cc1cccc(-c2ccccc2)c1. The van der Waals surface area contributed by atoms with Crippen molar-refractivity contribution in [3.8, 4) is 23.0 Å². The fourth-order valence-electron chi connectivity index (χ4n) is 1.58. The second kappa shape index (κ2) is 5.70. The molecule has 0 atom stereocenters. The Morgan fingerprint density at radius 3 is 2.44 bits per heavy atom. The first-order chi connectivity index (χ1) is 8.79. The van der Waals surface area contributed by atoms with Crippen molar-refractivity contribution in [1.29, 1.82) is 0 Å². The van der Waals surface area contributed by atoms with Gasteiger partial charge in [0.25, 0.3) is 0 Å². The van der Waals surface area contributed by atoms with Gasteiger partial charge < -0.3 is 4.74 Å². The zero-order valence-corrected chi connectivity index (χ0v) is 10.0. The van der Waals surface area contributed by atoms with Crippen molar-refractivity contribution in [2.45, 2.75) is 0 Å². The summed E-state index contributed by atoms with van der Waals surface area (Å²) in [6, 6.07) is 17.8. The van der Waals surface area contributed by atoms with Crippen molar-refractivity contribution >= 4 is 5.97 Å². The van der Waals surface area contributed by atoms with E-state index in [-0.39, 0.29) is 0 Å². The van der Waals surface area contributed by atoms with Crippen molar-refractivity contribution in [3.63, 3.8) is 0 Å². The average Bonchev–Trinajstić information content (AvgIpc) is 2.46. The van der Waals surface area contributed by atoms with Gasteiger partial charge >= 0.3 is 5.97 Å². The zero-order chi connectivity index (χ0) is 12.8. The smallest absolute Gasteiger partial charge is 0.384 e. The van der Waals surface area contributed by atoms with E-state index in [4.69, 9.17) is 0 Å². The molecule has 2 rings (SSSR count). The number of hydrogen-bond acceptors (Lipinski definition) is 2. The van der Waals surface area contributed by atoms with E-state index < -0.39 is 5.97 Å². The molecule has 0 heterocycles. The lowest BCUT2D eigenvalue weighted by molar-refractivity contribution is -0.133. The van der Waals surface area contributed by atoms with Gasteiger partial charge in [-0.1, -0.05) is 48.4 Å². The second-order valence-electron chi connectivity index (χ2n) is 3.69. The van der Waals surface area contributed by atoms with E-state index in [1.165, 1.54) is 7.11 Å². The highest BCUT2D eigenvalue weighted by Gasteiger charge is 1.97. The molecule has 0 amide bonds. The first kappa shape index (κ1) is 11.9. The first-order valence-corrected chi connectivity index (χ1v) is 5.55. The van der Waals surface area contributed by atoms with Crippen LogP contribution >= 0.6 is 0 Å². The Bertz CT molecular complexity index is 604. The molecule has 0 bridgehead atoms. The molecule has 0 N–H and O–H groups in total. The van der Waals surface area contributed by atoms with Gasteiger partial charge in [0.15, 0.2) is 0 Å². The highest BCUT2D eigenvalue weighted by molar-refractivity contribution is 5.89. The molecule has 0 aromatic heterocycles. The summed E-state index contributed by atoms with van der Waals surface area (Å²) < 4.78 is 4.47. The fraction of sp³-hybridized carbons (Fsp3) is 0.0625. The van der Waals surface area contributed by atoms with Crippen molar-refractivity contribution in [1.82, 2.24) is 0 Å². The summed E-state index contributed by atoms with van der Waals surface area (Å²) in [5.74, 6) is 4.67. The number of carbonyl (C=O) groups is 1. The normalized spacial score (nSPS) is 9.17. The lowest BCUT2D eigenvalue weighted by Gasteiger charge is -2.01. The van der Waals surface area contributed by atoms with Crippen LogP contribution in [-0.2, 0) is 9.53 Å². The lowest BCUT2D eigenvalue weighted by atomic mass is 10.0. The number of ether oxygens (including phenoxy) is 1. The van der Waals surface area contributed by atoms with E-state index >= 15 is 0 Å². The molecule has 0 radical (unpaired) electrons. The Morgan fingerprint density at radius 1 is 1.00 bits per heavy atom.